The number of carbonyl (C=O) groups is 2. The molecule has 0 aromatic heterocycles. The predicted octanol–water partition coefficient (Wildman–Crippen LogP) is 5.29. The Kier molecular flexibility index (Phi) is 6.45. The van der Waals surface area contributed by atoms with E-state index < -0.39 is 53.5 Å². The summed E-state index contributed by atoms with van der Waals surface area (Å²) < 4.78 is 90.7. The second kappa shape index (κ2) is 8.68. The van der Waals surface area contributed by atoms with Crippen molar-refractivity contribution >= 4 is 11.8 Å². The second-order valence-corrected chi connectivity index (χ2v) is 7.90. The highest BCUT2D eigenvalue weighted by atomic mass is 19.4. The SMILES string of the molecule is C[C@@H](NC(=O)C1(NC(=O)CC(F)(F)F)CC1)c1ccc(-c2cccc(F)c2C(F)(F)F)cc1. The molecule has 11 heteroatoms. The van der Waals surface area contributed by atoms with Gasteiger partial charge in [0.15, 0.2) is 0 Å². The van der Waals surface area contributed by atoms with Gasteiger partial charge in [0.25, 0.3) is 0 Å². The summed E-state index contributed by atoms with van der Waals surface area (Å²) in [6.07, 6.45) is -10.9. The van der Waals surface area contributed by atoms with Crippen LogP contribution < -0.4 is 10.6 Å². The molecule has 0 bridgehead atoms. The molecule has 33 heavy (non-hydrogen) atoms. The van der Waals surface area contributed by atoms with Crippen LogP contribution in [0.5, 0.6) is 0 Å². The molecule has 0 unspecified atom stereocenters. The number of hydrogen-bond donors (Lipinski definition) is 2. The summed E-state index contributed by atoms with van der Waals surface area (Å²) in [5, 5.41) is 4.72. The minimum Gasteiger partial charge on any atom is -0.348 e. The fourth-order valence-electron chi connectivity index (χ4n) is 3.45. The minimum absolute atomic E-state index is 0.113. The number of carbonyl (C=O) groups excluding carboxylic acids is 2. The van der Waals surface area contributed by atoms with Crippen molar-refractivity contribution in [3.63, 3.8) is 0 Å². The van der Waals surface area contributed by atoms with E-state index in [4.69, 9.17) is 0 Å². The normalized spacial score (nSPS) is 16.1. The average molecular weight is 476 g/mol. The van der Waals surface area contributed by atoms with Gasteiger partial charge in [-0.15, -0.1) is 0 Å². The molecule has 2 amide bonds. The second-order valence-electron chi connectivity index (χ2n) is 7.90. The Labute approximate surface area is 184 Å². The zero-order chi connectivity index (χ0) is 24.6. The summed E-state index contributed by atoms with van der Waals surface area (Å²) in [6, 6.07) is 7.98. The number of halogens is 7. The number of rotatable bonds is 6. The maximum Gasteiger partial charge on any atom is 0.419 e. The quantitative estimate of drug-likeness (QED) is 0.557. The molecule has 1 aliphatic rings. The van der Waals surface area contributed by atoms with Crippen LogP contribution in [0.3, 0.4) is 0 Å². The summed E-state index contributed by atoms with van der Waals surface area (Å²) >= 11 is 0. The fraction of sp³-hybridized carbons (Fsp3) is 0.364. The van der Waals surface area contributed by atoms with Crippen LogP contribution in [0, 0.1) is 5.82 Å². The van der Waals surface area contributed by atoms with E-state index in [1.165, 1.54) is 30.3 Å². The van der Waals surface area contributed by atoms with Crippen molar-refractivity contribution in [2.75, 3.05) is 0 Å². The Morgan fingerprint density at radius 1 is 1.00 bits per heavy atom. The fourth-order valence-corrected chi connectivity index (χ4v) is 3.45. The van der Waals surface area contributed by atoms with Crippen molar-refractivity contribution in [1.29, 1.82) is 0 Å². The summed E-state index contributed by atoms with van der Waals surface area (Å²) in [6.45, 7) is 1.57. The van der Waals surface area contributed by atoms with Crippen molar-refractivity contribution in [1.82, 2.24) is 10.6 Å². The van der Waals surface area contributed by atoms with E-state index in [0.717, 1.165) is 12.1 Å². The molecule has 2 aromatic carbocycles. The topological polar surface area (TPSA) is 58.2 Å². The van der Waals surface area contributed by atoms with Crippen LogP contribution in [0.4, 0.5) is 30.7 Å². The Morgan fingerprint density at radius 3 is 2.12 bits per heavy atom. The van der Waals surface area contributed by atoms with E-state index in [0.29, 0.717) is 5.56 Å². The molecule has 0 spiro atoms. The number of hydrogen-bond acceptors (Lipinski definition) is 2. The van der Waals surface area contributed by atoms with Gasteiger partial charge in [-0.2, -0.15) is 26.3 Å². The molecule has 2 N–H and O–H groups in total. The summed E-state index contributed by atoms with van der Waals surface area (Å²) in [5.74, 6) is -3.35. The number of benzene rings is 2. The summed E-state index contributed by atoms with van der Waals surface area (Å²) in [5.41, 5.74) is -2.52. The molecular weight excluding hydrogens is 457 g/mol. The lowest BCUT2D eigenvalue weighted by Gasteiger charge is -2.22. The first-order chi connectivity index (χ1) is 15.2. The third-order valence-electron chi connectivity index (χ3n) is 5.29. The Bertz CT molecular complexity index is 1040. The van der Waals surface area contributed by atoms with Gasteiger partial charge in [0.05, 0.1) is 11.6 Å². The zero-order valence-corrected chi connectivity index (χ0v) is 17.2. The number of nitrogens with one attached hydrogen (secondary N) is 2. The van der Waals surface area contributed by atoms with E-state index in [1.807, 2.05) is 0 Å². The standard InChI is InChI=1S/C22H19F7N2O2/c1-12(30-19(33)20(9-10-20)31-17(32)11-21(24,25)26)13-5-7-14(8-6-13)15-3-2-4-16(23)18(15)22(27,28)29/h2-8,12H,9-11H2,1H3,(H,30,33)(H,31,32)/t12-/m1/s1. The van der Waals surface area contributed by atoms with Crippen molar-refractivity contribution < 1.29 is 40.3 Å². The maximum absolute atomic E-state index is 13.8. The molecule has 1 saturated carbocycles. The molecule has 1 atom stereocenters. The zero-order valence-electron chi connectivity index (χ0n) is 17.2. The highest BCUT2D eigenvalue weighted by molar-refractivity contribution is 5.94. The monoisotopic (exact) mass is 476 g/mol. The van der Waals surface area contributed by atoms with Crippen LogP contribution in [-0.4, -0.2) is 23.5 Å². The van der Waals surface area contributed by atoms with Gasteiger partial charge in [0.1, 0.15) is 17.8 Å². The third-order valence-corrected chi connectivity index (χ3v) is 5.29. The van der Waals surface area contributed by atoms with Crippen LogP contribution in [0.2, 0.25) is 0 Å². The Balaban J connectivity index is 1.71. The smallest absolute Gasteiger partial charge is 0.348 e. The van der Waals surface area contributed by atoms with Crippen molar-refractivity contribution in [2.24, 2.45) is 0 Å². The van der Waals surface area contributed by atoms with Crippen LogP contribution >= 0.6 is 0 Å². The molecule has 178 valence electrons. The van der Waals surface area contributed by atoms with E-state index in [2.05, 4.69) is 10.6 Å². The van der Waals surface area contributed by atoms with Gasteiger partial charge in [-0.3, -0.25) is 9.59 Å². The molecular formula is C22H19F7N2O2. The Hall–Kier alpha value is -3.11. The number of amides is 2. The molecule has 0 heterocycles. The van der Waals surface area contributed by atoms with Gasteiger partial charge in [-0.25, -0.2) is 4.39 Å². The molecule has 3 rings (SSSR count). The first-order valence-electron chi connectivity index (χ1n) is 9.87. The first-order valence-corrected chi connectivity index (χ1v) is 9.87. The van der Waals surface area contributed by atoms with Gasteiger partial charge in [0.2, 0.25) is 11.8 Å². The lowest BCUT2D eigenvalue weighted by Crippen LogP contribution is -2.50. The summed E-state index contributed by atoms with van der Waals surface area (Å²) in [4.78, 5) is 24.1. The van der Waals surface area contributed by atoms with Crippen LogP contribution in [0.25, 0.3) is 11.1 Å². The third kappa shape index (κ3) is 5.82. The summed E-state index contributed by atoms with van der Waals surface area (Å²) in [7, 11) is 0. The highest BCUT2D eigenvalue weighted by Crippen LogP contribution is 2.39. The van der Waals surface area contributed by atoms with E-state index in [1.54, 1.807) is 6.92 Å². The molecule has 1 aliphatic carbocycles. The Morgan fingerprint density at radius 2 is 1.61 bits per heavy atom. The lowest BCUT2D eigenvalue weighted by atomic mass is 9.96. The predicted molar refractivity (Wildman–Crippen MR) is 104 cm³/mol. The van der Waals surface area contributed by atoms with E-state index in [9.17, 15) is 40.3 Å². The van der Waals surface area contributed by atoms with Crippen LogP contribution in [0.1, 0.15) is 43.4 Å². The van der Waals surface area contributed by atoms with E-state index >= 15 is 0 Å². The molecule has 1 fully saturated rings. The van der Waals surface area contributed by atoms with Gasteiger partial charge >= 0.3 is 12.4 Å². The van der Waals surface area contributed by atoms with E-state index in [-0.39, 0.29) is 24.0 Å². The van der Waals surface area contributed by atoms with Gasteiger partial charge in [-0.1, -0.05) is 36.4 Å². The van der Waals surface area contributed by atoms with Gasteiger partial charge < -0.3 is 10.6 Å². The molecule has 0 aliphatic heterocycles. The first kappa shape index (κ1) is 24.5. The largest absolute Gasteiger partial charge is 0.419 e. The van der Waals surface area contributed by atoms with Crippen molar-refractivity contribution in [3.8, 4) is 11.1 Å². The van der Waals surface area contributed by atoms with Crippen LogP contribution in [0.15, 0.2) is 42.5 Å². The van der Waals surface area contributed by atoms with Crippen LogP contribution in [-0.2, 0) is 15.8 Å². The molecule has 0 saturated heterocycles. The van der Waals surface area contributed by atoms with Crippen molar-refractivity contribution in [2.45, 2.75) is 50.1 Å². The molecule has 0 radical (unpaired) electrons. The minimum atomic E-state index is -4.89. The molecule has 4 nitrogen and oxygen atoms in total. The van der Waals surface area contributed by atoms with Gasteiger partial charge in [0, 0.05) is 0 Å². The van der Waals surface area contributed by atoms with Crippen molar-refractivity contribution in [3.05, 3.63) is 59.4 Å². The number of alkyl halides is 6. The highest BCUT2D eigenvalue weighted by Gasteiger charge is 2.52. The molecule has 2 aromatic rings. The van der Waals surface area contributed by atoms with Gasteiger partial charge in [-0.05, 0) is 42.5 Å². The average Bonchev–Trinajstić information content (AvgIpc) is 3.46. The lowest BCUT2D eigenvalue weighted by molar-refractivity contribution is -0.155. The maximum atomic E-state index is 13.8.